The van der Waals surface area contributed by atoms with E-state index in [0.717, 1.165) is 76.5 Å². The molecule has 6 nitrogen and oxygen atoms in total. The Kier molecular flexibility index (Phi) is 36.7. The van der Waals surface area contributed by atoms with Gasteiger partial charge in [0.25, 0.3) is 0 Å². The molecular weight excluding hydrogens is 873 g/mol. The number of hydrogen-bond acceptors (Lipinski definition) is 5. The molecule has 0 aromatic rings. The molecule has 0 aromatic carbocycles. The molecule has 1 heterocycles. The van der Waals surface area contributed by atoms with Crippen LogP contribution in [-0.4, -0.2) is 64.0 Å². The van der Waals surface area contributed by atoms with Gasteiger partial charge in [-0.2, -0.15) is 0 Å². The summed E-state index contributed by atoms with van der Waals surface area (Å²) in [5.74, 6) is 7.92. The molecule has 1 atom stereocenters. The lowest BCUT2D eigenvalue weighted by Gasteiger charge is -2.33. The van der Waals surface area contributed by atoms with Gasteiger partial charge in [-0.3, -0.25) is 14.6 Å². The van der Waals surface area contributed by atoms with Crippen LogP contribution in [0.25, 0.3) is 0 Å². The topological polar surface area (TPSA) is 68.2 Å². The Balaban J connectivity index is -0.000000239. The third-order valence-corrected chi connectivity index (χ3v) is 11.6. The van der Waals surface area contributed by atoms with Gasteiger partial charge in [0.05, 0.1) is 18.9 Å². The number of ketones is 1. The first kappa shape index (κ1) is 77.6. The number of carbonyl (C=O) groups is 2. The molecule has 1 saturated carbocycles. The van der Waals surface area contributed by atoms with Gasteiger partial charge in [-0.05, 0) is 134 Å². The Labute approximate surface area is 447 Å². The average molecular weight is 1000 g/mol. The van der Waals surface area contributed by atoms with E-state index in [1.807, 2.05) is 27.2 Å². The van der Waals surface area contributed by atoms with Crippen molar-refractivity contribution in [2.45, 2.75) is 265 Å². The van der Waals surface area contributed by atoms with Crippen LogP contribution in [0, 0.1) is 96.6 Å². The number of esters is 1. The minimum atomic E-state index is -0.368. The summed E-state index contributed by atoms with van der Waals surface area (Å²) in [4.78, 5) is 28.2. The van der Waals surface area contributed by atoms with Gasteiger partial charge < -0.3 is 14.4 Å². The molecule has 0 N–H and O–H groups in total. The minimum absolute atomic E-state index is 0.0538. The van der Waals surface area contributed by atoms with Gasteiger partial charge >= 0.3 is 5.97 Å². The summed E-state index contributed by atoms with van der Waals surface area (Å²) in [6, 6.07) is 0. The molecule has 0 spiro atoms. The smallest absolute Gasteiger partial charge is 0.311 e. The van der Waals surface area contributed by atoms with E-state index in [9.17, 15) is 9.59 Å². The third-order valence-electron chi connectivity index (χ3n) is 11.6. The van der Waals surface area contributed by atoms with Gasteiger partial charge in [0.1, 0.15) is 5.78 Å². The molecule has 2 rings (SSSR count). The third kappa shape index (κ3) is 56.8. The highest BCUT2D eigenvalue weighted by atomic mass is 16.5. The van der Waals surface area contributed by atoms with E-state index in [0.29, 0.717) is 49.6 Å². The van der Waals surface area contributed by atoms with Crippen molar-refractivity contribution >= 4 is 18.1 Å². The maximum atomic E-state index is 11.3. The number of terminal acetylenes is 2. The van der Waals surface area contributed by atoms with Crippen LogP contribution in [0.2, 0.25) is 0 Å². The summed E-state index contributed by atoms with van der Waals surface area (Å²) in [5.41, 5.74) is 2.79. The van der Waals surface area contributed by atoms with Crippen LogP contribution in [0.3, 0.4) is 0 Å². The summed E-state index contributed by atoms with van der Waals surface area (Å²) >= 11 is 0. The van der Waals surface area contributed by atoms with Crippen LogP contribution in [0.4, 0.5) is 0 Å². The van der Waals surface area contributed by atoms with Crippen molar-refractivity contribution in [3.63, 3.8) is 0 Å². The summed E-state index contributed by atoms with van der Waals surface area (Å²) in [5, 5.41) is 0. The lowest BCUT2D eigenvalue weighted by Crippen LogP contribution is -2.30. The van der Waals surface area contributed by atoms with E-state index in [4.69, 9.17) is 22.3 Å². The largest absolute Gasteiger partial charge is 0.469 e. The molecule has 0 radical (unpaired) electrons. The number of methoxy groups -OCH3 is 1. The molecule has 0 amide bonds. The lowest BCUT2D eigenvalue weighted by molar-refractivity contribution is -0.152. The van der Waals surface area contributed by atoms with Gasteiger partial charge in [-0.15, -0.1) is 24.7 Å². The van der Waals surface area contributed by atoms with E-state index in [2.05, 4.69) is 209 Å². The lowest BCUT2D eigenvalue weighted by atomic mass is 9.72. The molecule has 1 aliphatic heterocycles. The molecule has 1 saturated heterocycles. The molecule has 0 aromatic heterocycles. The van der Waals surface area contributed by atoms with Gasteiger partial charge in [0, 0.05) is 58.0 Å². The zero-order valence-corrected chi connectivity index (χ0v) is 54.2. The summed E-state index contributed by atoms with van der Waals surface area (Å²) < 4.78 is 10.0. The molecule has 2 fully saturated rings. The minimum Gasteiger partial charge on any atom is -0.469 e. The molecular formula is C65H128N2O4. The summed E-state index contributed by atoms with van der Waals surface area (Å²) in [7, 11) is 5.27. The summed E-state index contributed by atoms with van der Waals surface area (Å²) in [6.45, 7) is 66.9. The first-order chi connectivity index (χ1) is 31.2. The van der Waals surface area contributed by atoms with Crippen LogP contribution in [0.5, 0.6) is 0 Å². The molecule has 422 valence electrons. The second-order valence-electron chi connectivity index (χ2n) is 31.8. The predicted molar refractivity (Wildman–Crippen MR) is 318 cm³/mol. The fraction of sp³-hybridized carbons (Fsp3) is 0.892. The van der Waals surface area contributed by atoms with Gasteiger partial charge in [-0.25, -0.2) is 0 Å². The Morgan fingerprint density at radius 1 is 0.634 bits per heavy atom. The number of carbonyl (C=O) groups excluding carboxylic acids is 2. The quantitative estimate of drug-likeness (QED) is 0.115. The fourth-order valence-electron chi connectivity index (χ4n) is 9.98. The van der Waals surface area contributed by atoms with E-state index >= 15 is 0 Å². The molecule has 6 heteroatoms. The second kappa shape index (κ2) is 33.6. The SMILES string of the molecule is C#CC(C)(C)CC(C)(C)C.C#CC(C)CC(C)(C)C.CC(C)(C)C1CCC(=O)CC1.CC(C)(C)C1CCOCC1.CC(C)(C)CC(C)(C)C.CN=CN(C)CC(C)(C)C.COC(=O)C(C)(C)CC(C)(C)C. The average Bonchev–Trinajstić information content (AvgIpc) is 3.11. The number of ether oxygens (including phenoxy) is 2. The Bertz CT molecular complexity index is 1480. The van der Waals surface area contributed by atoms with Gasteiger partial charge in [0.15, 0.2) is 0 Å². The van der Waals surface area contributed by atoms with Crippen LogP contribution in [0.1, 0.15) is 265 Å². The molecule has 2 aliphatic rings. The predicted octanol–water partition coefficient (Wildman–Crippen LogP) is 18.7. The number of hydrogen-bond donors (Lipinski definition) is 0. The Morgan fingerprint density at radius 3 is 1.21 bits per heavy atom. The molecule has 1 aliphatic carbocycles. The molecule has 1 unspecified atom stereocenters. The van der Waals surface area contributed by atoms with Crippen molar-refractivity contribution in [1.82, 2.24) is 4.90 Å². The van der Waals surface area contributed by atoms with E-state index in [1.165, 1.54) is 26.4 Å². The Morgan fingerprint density at radius 2 is 1.00 bits per heavy atom. The number of aliphatic imine (C=N–C) groups is 1. The van der Waals surface area contributed by atoms with E-state index in [1.54, 1.807) is 7.05 Å². The zero-order chi connectivity index (χ0) is 57.9. The van der Waals surface area contributed by atoms with Crippen molar-refractivity contribution in [3.8, 4) is 24.7 Å². The van der Waals surface area contributed by atoms with Crippen molar-refractivity contribution in [3.05, 3.63) is 0 Å². The molecule has 0 bridgehead atoms. The summed E-state index contributed by atoms with van der Waals surface area (Å²) in [6.07, 6.45) is 23.1. The monoisotopic (exact) mass is 1000 g/mol. The fourth-order valence-corrected chi connectivity index (χ4v) is 9.98. The standard InChI is InChI=1S/C10H20O2.C10H18O.C10H18.C9H18O.C9H20.C9H16.C8H18N2/c1-9(2,3)7-10(4,5)8(11)12-6;1-10(2,3)8-4-6-9(11)7-5-8;1-7-10(5,6)8-9(2,3)4;1-9(2,3)8-4-6-10-7-5-8;1-8(2,3)7-9(4,5)6;1-6-8(2)7-9(3,4)5;1-8(2,3)6-10(5)7-9-4/h7H2,1-6H3;8H,4-7H2,1-3H3;1H,8H2,2-6H3;8H,4-7H2,1-3H3;7H2,1-6H3;1,8H,7H2,2-5H3;7H,6H2,1-5H3. The van der Waals surface area contributed by atoms with E-state index < -0.39 is 0 Å². The first-order valence-corrected chi connectivity index (χ1v) is 27.4. The Hall–Kier alpha value is -2.31. The van der Waals surface area contributed by atoms with Crippen molar-refractivity contribution < 1.29 is 19.1 Å². The van der Waals surface area contributed by atoms with Gasteiger partial charge in [0.2, 0.25) is 0 Å². The van der Waals surface area contributed by atoms with E-state index in [-0.39, 0.29) is 22.2 Å². The maximum Gasteiger partial charge on any atom is 0.311 e. The van der Waals surface area contributed by atoms with Crippen LogP contribution >= 0.6 is 0 Å². The zero-order valence-electron chi connectivity index (χ0n) is 54.2. The normalized spacial score (nSPS) is 16.1. The highest BCUT2D eigenvalue weighted by Crippen LogP contribution is 2.37. The van der Waals surface area contributed by atoms with Crippen molar-refractivity contribution in [2.75, 3.05) is 41.0 Å². The number of nitrogens with zero attached hydrogens (tertiary/aromatic N) is 2. The van der Waals surface area contributed by atoms with Crippen LogP contribution < -0.4 is 0 Å². The van der Waals surface area contributed by atoms with Crippen molar-refractivity contribution in [1.29, 1.82) is 0 Å². The number of Topliss-reactive ketones (excluding diaryl/α,β-unsaturated/α-hetero) is 1. The van der Waals surface area contributed by atoms with Crippen LogP contribution in [-0.2, 0) is 19.1 Å². The highest BCUT2D eigenvalue weighted by Gasteiger charge is 2.33. The first-order valence-electron chi connectivity index (χ1n) is 27.4. The maximum absolute atomic E-state index is 11.3. The molecule has 71 heavy (non-hydrogen) atoms. The second-order valence-corrected chi connectivity index (χ2v) is 31.8. The van der Waals surface area contributed by atoms with Crippen LogP contribution in [0.15, 0.2) is 4.99 Å². The van der Waals surface area contributed by atoms with Gasteiger partial charge in [-0.1, -0.05) is 173 Å². The van der Waals surface area contributed by atoms with Crippen molar-refractivity contribution in [2.24, 2.45) is 76.9 Å². The highest BCUT2D eigenvalue weighted by molar-refractivity contribution is 5.79. The number of rotatable bonds is 6.